The summed E-state index contributed by atoms with van der Waals surface area (Å²) in [5.41, 5.74) is 8.10. The molecule has 1 fully saturated rings. The van der Waals surface area contributed by atoms with E-state index in [0.29, 0.717) is 5.75 Å². The minimum absolute atomic E-state index is 0.0473. The van der Waals surface area contributed by atoms with Crippen molar-refractivity contribution in [3.05, 3.63) is 29.8 Å². The highest BCUT2D eigenvalue weighted by atomic mass is 32.2. The maximum absolute atomic E-state index is 12.3. The normalized spacial score (nSPS) is 21.3. The Balaban J connectivity index is 2.26. The van der Waals surface area contributed by atoms with E-state index in [0.717, 1.165) is 30.0 Å². The molecule has 1 heterocycles. The van der Waals surface area contributed by atoms with E-state index >= 15 is 0 Å². The van der Waals surface area contributed by atoms with Gasteiger partial charge in [-0.25, -0.2) is 8.42 Å². The third-order valence-electron chi connectivity index (χ3n) is 3.99. The molecule has 2 N–H and O–H groups in total. The second kappa shape index (κ2) is 7.03. The van der Waals surface area contributed by atoms with Crippen LogP contribution in [0.1, 0.15) is 31.9 Å². The molecule has 2 atom stereocenters. The SMILES string of the molecule is CC[C@H](N)c1ccc(N2CCSCC2S(=O)(=O)CC)cc1. The summed E-state index contributed by atoms with van der Waals surface area (Å²) < 4.78 is 24.6. The molecule has 0 radical (unpaired) electrons. The van der Waals surface area contributed by atoms with E-state index in [1.165, 1.54) is 0 Å². The Bertz CT molecular complexity index is 558. The van der Waals surface area contributed by atoms with Gasteiger partial charge in [0.05, 0.1) is 0 Å². The van der Waals surface area contributed by atoms with E-state index in [2.05, 4.69) is 6.92 Å². The molecule has 1 aliphatic heterocycles. The molecule has 1 aliphatic rings. The number of rotatable bonds is 5. The first kappa shape index (κ1) is 16.6. The average molecular weight is 329 g/mol. The summed E-state index contributed by atoms with van der Waals surface area (Å²) in [7, 11) is -3.07. The van der Waals surface area contributed by atoms with Crippen molar-refractivity contribution in [2.24, 2.45) is 5.73 Å². The summed E-state index contributed by atoms with van der Waals surface area (Å²) in [6, 6.07) is 8.07. The van der Waals surface area contributed by atoms with Gasteiger partial charge in [0.1, 0.15) is 5.37 Å². The molecule has 1 aromatic carbocycles. The second-order valence-electron chi connectivity index (χ2n) is 5.28. The first-order chi connectivity index (χ1) is 9.99. The Kier molecular flexibility index (Phi) is 5.57. The number of thioether (sulfide) groups is 1. The van der Waals surface area contributed by atoms with Gasteiger partial charge in [-0.2, -0.15) is 11.8 Å². The zero-order valence-electron chi connectivity index (χ0n) is 12.7. The van der Waals surface area contributed by atoms with Crippen LogP contribution in [0.2, 0.25) is 0 Å². The fourth-order valence-corrected chi connectivity index (χ4v) is 5.51. The van der Waals surface area contributed by atoms with Crippen molar-refractivity contribution in [3.8, 4) is 0 Å². The van der Waals surface area contributed by atoms with Crippen LogP contribution in [0.4, 0.5) is 5.69 Å². The van der Waals surface area contributed by atoms with E-state index in [1.807, 2.05) is 29.2 Å². The lowest BCUT2D eigenvalue weighted by Gasteiger charge is -2.36. The zero-order valence-corrected chi connectivity index (χ0v) is 14.3. The van der Waals surface area contributed by atoms with Gasteiger partial charge >= 0.3 is 0 Å². The molecule has 21 heavy (non-hydrogen) atoms. The summed E-state index contributed by atoms with van der Waals surface area (Å²) >= 11 is 1.71. The third-order valence-corrected chi connectivity index (χ3v) is 7.28. The molecule has 1 saturated heterocycles. The largest absolute Gasteiger partial charge is 0.353 e. The van der Waals surface area contributed by atoms with Crippen molar-refractivity contribution in [2.75, 3.05) is 28.7 Å². The van der Waals surface area contributed by atoms with Crippen LogP contribution >= 0.6 is 11.8 Å². The van der Waals surface area contributed by atoms with Crippen molar-refractivity contribution in [1.82, 2.24) is 0 Å². The first-order valence-electron chi connectivity index (χ1n) is 7.41. The van der Waals surface area contributed by atoms with Crippen LogP contribution in [0.15, 0.2) is 24.3 Å². The van der Waals surface area contributed by atoms with Crippen LogP contribution in [0.5, 0.6) is 0 Å². The van der Waals surface area contributed by atoms with Crippen LogP contribution < -0.4 is 10.6 Å². The van der Waals surface area contributed by atoms with Crippen LogP contribution in [0, 0.1) is 0 Å². The van der Waals surface area contributed by atoms with Gasteiger partial charge < -0.3 is 10.6 Å². The topological polar surface area (TPSA) is 63.4 Å². The Morgan fingerprint density at radius 2 is 2.00 bits per heavy atom. The highest BCUT2D eigenvalue weighted by Gasteiger charge is 2.32. The third kappa shape index (κ3) is 3.73. The van der Waals surface area contributed by atoms with Gasteiger partial charge in [0.2, 0.25) is 0 Å². The van der Waals surface area contributed by atoms with E-state index in [9.17, 15) is 8.42 Å². The van der Waals surface area contributed by atoms with Crippen LogP contribution in [0.3, 0.4) is 0 Å². The predicted octanol–water partition coefficient (Wildman–Crippen LogP) is 2.41. The van der Waals surface area contributed by atoms with E-state index in [1.54, 1.807) is 18.7 Å². The molecule has 6 heteroatoms. The molecule has 0 bridgehead atoms. The van der Waals surface area contributed by atoms with E-state index in [4.69, 9.17) is 5.73 Å². The molecule has 4 nitrogen and oxygen atoms in total. The predicted molar refractivity (Wildman–Crippen MR) is 91.6 cm³/mol. The van der Waals surface area contributed by atoms with Crippen molar-refractivity contribution in [3.63, 3.8) is 0 Å². The summed E-state index contributed by atoms with van der Waals surface area (Å²) in [6.07, 6.45) is 0.895. The molecule has 0 aromatic heterocycles. The number of hydrogen-bond acceptors (Lipinski definition) is 5. The Morgan fingerprint density at radius 1 is 1.33 bits per heavy atom. The molecular weight excluding hydrogens is 304 g/mol. The van der Waals surface area contributed by atoms with Crippen LogP contribution in [-0.4, -0.2) is 37.6 Å². The Labute approximate surface area is 132 Å². The molecule has 0 spiro atoms. The van der Waals surface area contributed by atoms with Crippen molar-refractivity contribution >= 4 is 27.3 Å². The van der Waals surface area contributed by atoms with Crippen molar-refractivity contribution in [2.45, 2.75) is 31.7 Å². The van der Waals surface area contributed by atoms with Crippen molar-refractivity contribution < 1.29 is 8.42 Å². The highest BCUT2D eigenvalue weighted by Crippen LogP contribution is 2.28. The molecule has 1 aromatic rings. The van der Waals surface area contributed by atoms with Crippen molar-refractivity contribution in [1.29, 1.82) is 0 Å². The number of anilines is 1. The second-order valence-corrected chi connectivity index (χ2v) is 8.88. The standard InChI is InChI=1S/C15H24N2O2S2/c1-3-14(16)12-5-7-13(8-6-12)17-9-10-20-11-15(17)21(18,19)4-2/h5-8,14-15H,3-4,9-11,16H2,1-2H3/t14-,15?/m0/s1. The maximum Gasteiger partial charge on any atom is 0.171 e. The van der Waals surface area contributed by atoms with Crippen LogP contribution in [-0.2, 0) is 9.84 Å². The van der Waals surface area contributed by atoms with E-state index < -0.39 is 15.2 Å². The molecule has 1 unspecified atom stereocenters. The van der Waals surface area contributed by atoms with Gasteiger partial charge in [0, 0.05) is 35.5 Å². The smallest absolute Gasteiger partial charge is 0.171 e. The van der Waals surface area contributed by atoms with Gasteiger partial charge in [0.15, 0.2) is 9.84 Å². The van der Waals surface area contributed by atoms with Gasteiger partial charge in [-0.1, -0.05) is 26.0 Å². The number of sulfone groups is 1. The summed E-state index contributed by atoms with van der Waals surface area (Å²) in [6.45, 7) is 4.55. The maximum atomic E-state index is 12.3. The summed E-state index contributed by atoms with van der Waals surface area (Å²) in [4.78, 5) is 2.02. The lowest BCUT2D eigenvalue weighted by molar-refractivity contribution is 0.579. The minimum Gasteiger partial charge on any atom is -0.353 e. The number of hydrogen-bond donors (Lipinski definition) is 1. The molecule has 118 valence electrons. The number of nitrogens with zero attached hydrogens (tertiary/aromatic N) is 1. The first-order valence-corrected chi connectivity index (χ1v) is 10.3. The van der Waals surface area contributed by atoms with E-state index in [-0.39, 0.29) is 11.8 Å². The number of nitrogens with two attached hydrogens (primary N) is 1. The average Bonchev–Trinajstić information content (AvgIpc) is 2.54. The molecule has 0 saturated carbocycles. The van der Waals surface area contributed by atoms with Gasteiger partial charge in [-0.15, -0.1) is 0 Å². The molecular formula is C15H24N2O2S2. The van der Waals surface area contributed by atoms with Crippen LogP contribution in [0.25, 0.3) is 0 Å². The quantitative estimate of drug-likeness (QED) is 0.899. The molecule has 0 aliphatic carbocycles. The molecule has 0 amide bonds. The highest BCUT2D eigenvalue weighted by molar-refractivity contribution is 8.01. The van der Waals surface area contributed by atoms with Gasteiger partial charge in [-0.3, -0.25) is 0 Å². The number of benzene rings is 1. The zero-order chi connectivity index (χ0) is 15.5. The minimum atomic E-state index is -3.07. The summed E-state index contributed by atoms with van der Waals surface area (Å²) in [5, 5.41) is -0.410. The fourth-order valence-electron chi connectivity index (χ4n) is 2.51. The van der Waals surface area contributed by atoms with Gasteiger partial charge in [0.25, 0.3) is 0 Å². The monoisotopic (exact) mass is 328 g/mol. The lowest BCUT2D eigenvalue weighted by atomic mass is 10.1. The summed E-state index contributed by atoms with van der Waals surface area (Å²) in [5.74, 6) is 1.80. The molecule has 2 rings (SSSR count). The van der Waals surface area contributed by atoms with Gasteiger partial charge in [-0.05, 0) is 24.1 Å². The Morgan fingerprint density at radius 3 is 2.57 bits per heavy atom. The lowest BCUT2D eigenvalue weighted by Crippen LogP contribution is -2.48. The fraction of sp³-hybridized carbons (Fsp3) is 0.600. The Hall–Kier alpha value is -0.720.